The predicted octanol–water partition coefficient (Wildman–Crippen LogP) is 4.78. The van der Waals surface area contributed by atoms with Crippen molar-refractivity contribution in [3.8, 4) is 5.88 Å². The highest BCUT2D eigenvalue weighted by Gasteiger charge is 2.49. The SMILES string of the molecule is CCCn1ncc(C(=O)c2ccc([N+](=O)[O-])c(C(C)=C(C)C)c2C)c1OS(=O)(=O)C(F)(F)F. The summed E-state index contributed by atoms with van der Waals surface area (Å²) < 4.78 is 67.1. The standard InChI is InChI=1S/C20H22F3N3O6S/c1-6-9-25-19(32-33(30,31)20(21,22)23)15(10-24-25)18(27)14-7-8-16(26(28)29)17(13(14)5)12(4)11(2)3/h7-8,10H,6,9H2,1-5H3. The predicted molar refractivity (Wildman–Crippen MR) is 113 cm³/mol. The van der Waals surface area contributed by atoms with Gasteiger partial charge in [-0.15, -0.1) is 0 Å². The summed E-state index contributed by atoms with van der Waals surface area (Å²) in [5.41, 5.74) is -4.85. The molecule has 1 aromatic carbocycles. The number of alkyl halides is 3. The van der Waals surface area contributed by atoms with E-state index in [0.29, 0.717) is 12.0 Å². The second-order valence-corrected chi connectivity index (χ2v) is 8.95. The molecule has 0 fully saturated rings. The summed E-state index contributed by atoms with van der Waals surface area (Å²) in [7, 11) is -6.07. The number of halogens is 3. The molecule has 0 aliphatic rings. The van der Waals surface area contributed by atoms with Crippen molar-refractivity contribution in [2.24, 2.45) is 0 Å². The van der Waals surface area contributed by atoms with E-state index >= 15 is 0 Å². The average molecular weight is 489 g/mol. The highest BCUT2D eigenvalue weighted by molar-refractivity contribution is 7.88. The fourth-order valence-electron chi connectivity index (χ4n) is 3.10. The first-order valence-corrected chi connectivity index (χ1v) is 11.1. The molecule has 0 spiro atoms. The van der Waals surface area contributed by atoms with E-state index in [4.69, 9.17) is 0 Å². The normalized spacial score (nSPS) is 11.9. The zero-order chi connectivity index (χ0) is 25.3. The maximum absolute atomic E-state index is 13.3. The van der Waals surface area contributed by atoms with Crippen LogP contribution in [-0.4, -0.2) is 34.4 Å². The third-order valence-electron chi connectivity index (χ3n) is 4.95. The van der Waals surface area contributed by atoms with Gasteiger partial charge in [0.25, 0.3) is 5.69 Å². The molecule has 0 bridgehead atoms. The van der Waals surface area contributed by atoms with Crippen LogP contribution in [0.25, 0.3) is 5.57 Å². The Kier molecular flexibility index (Phi) is 7.36. The monoisotopic (exact) mass is 489 g/mol. The molecular weight excluding hydrogens is 467 g/mol. The van der Waals surface area contributed by atoms with Gasteiger partial charge in [-0.3, -0.25) is 14.9 Å². The topological polar surface area (TPSA) is 121 Å². The number of nitro groups is 1. The zero-order valence-electron chi connectivity index (χ0n) is 18.5. The number of aryl methyl sites for hydroxylation is 1. The van der Waals surface area contributed by atoms with E-state index in [-0.39, 0.29) is 28.9 Å². The van der Waals surface area contributed by atoms with E-state index in [1.165, 1.54) is 6.92 Å². The lowest BCUT2D eigenvalue weighted by molar-refractivity contribution is -0.385. The van der Waals surface area contributed by atoms with Crippen LogP contribution in [-0.2, 0) is 16.7 Å². The van der Waals surface area contributed by atoms with Crippen LogP contribution in [0.4, 0.5) is 18.9 Å². The molecule has 9 nitrogen and oxygen atoms in total. The van der Waals surface area contributed by atoms with E-state index < -0.39 is 37.8 Å². The molecule has 0 amide bonds. The van der Waals surface area contributed by atoms with Gasteiger partial charge < -0.3 is 4.18 Å². The minimum absolute atomic E-state index is 0.0165. The van der Waals surface area contributed by atoms with Crippen LogP contribution in [0.1, 0.15) is 61.2 Å². The van der Waals surface area contributed by atoms with Gasteiger partial charge in [-0.2, -0.15) is 26.7 Å². The number of nitrogens with zero attached hydrogens (tertiary/aromatic N) is 3. The van der Waals surface area contributed by atoms with Crippen LogP contribution in [0.2, 0.25) is 0 Å². The quantitative estimate of drug-likeness (QED) is 0.172. The number of hydrogen-bond acceptors (Lipinski definition) is 7. The number of allylic oxidation sites excluding steroid dienone is 2. The molecule has 0 radical (unpaired) electrons. The maximum atomic E-state index is 13.3. The molecule has 180 valence electrons. The second kappa shape index (κ2) is 9.33. The van der Waals surface area contributed by atoms with Crippen molar-refractivity contribution in [1.29, 1.82) is 0 Å². The third kappa shape index (κ3) is 5.07. The number of aromatic nitrogens is 2. The van der Waals surface area contributed by atoms with Crippen LogP contribution < -0.4 is 4.18 Å². The van der Waals surface area contributed by atoms with Gasteiger partial charge in [-0.05, 0) is 51.3 Å². The van der Waals surface area contributed by atoms with Crippen LogP contribution in [0.5, 0.6) is 5.88 Å². The van der Waals surface area contributed by atoms with Crippen LogP contribution in [0.3, 0.4) is 0 Å². The summed E-state index contributed by atoms with van der Waals surface area (Å²) in [6.07, 6.45) is 1.27. The van der Waals surface area contributed by atoms with E-state index in [1.54, 1.807) is 27.7 Å². The Bertz CT molecular complexity index is 1240. The van der Waals surface area contributed by atoms with Gasteiger partial charge in [0, 0.05) is 18.2 Å². The van der Waals surface area contributed by atoms with Gasteiger partial charge in [0.2, 0.25) is 5.88 Å². The molecule has 0 atom stereocenters. The van der Waals surface area contributed by atoms with Gasteiger partial charge in [-0.25, -0.2) is 4.68 Å². The van der Waals surface area contributed by atoms with Crippen molar-refractivity contribution in [3.63, 3.8) is 0 Å². The maximum Gasteiger partial charge on any atom is 0.534 e. The zero-order valence-corrected chi connectivity index (χ0v) is 19.3. The van der Waals surface area contributed by atoms with Gasteiger partial charge in [0.15, 0.2) is 5.78 Å². The first kappa shape index (κ1) is 26.0. The van der Waals surface area contributed by atoms with E-state index in [0.717, 1.165) is 28.6 Å². The Hall–Kier alpha value is -3.22. The summed E-state index contributed by atoms with van der Waals surface area (Å²) in [5.74, 6) is -1.77. The molecule has 0 N–H and O–H groups in total. The largest absolute Gasteiger partial charge is 0.534 e. The van der Waals surface area contributed by atoms with Crippen molar-refractivity contribution < 1.29 is 35.5 Å². The van der Waals surface area contributed by atoms with Crippen molar-refractivity contribution in [2.75, 3.05) is 0 Å². The number of carbonyl (C=O) groups is 1. The Balaban J connectivity index is 2.74. The molecule has 0 aliphatic heterocycles. The molecule has 13 heteroatoms. The smallest absolute Gasteiger partial charge is 0.355 e. The highest BCUT2D eigenvalue weighted by Crippen LogP contribution is 2.35. The first-order valence-electron chi connectivity index (χ1n) is 9.67. The fourth-order valence-corrected chi connectivity index (χ4v) is 3.58. The van der Waals surface area contributed by atoms with Crippen molar-refractivity contribution in [2.45, 2.75) is 53.1 Å². The van der Waals surface area contributed by atoms with Gasteiger partial charge in [0.1, 0.15) is 5.56 Å². The molecule has 1 aromatic heterocycles. The van der Waals surface area contributed by atoms with Gasteiger partial charge in [0.05, 0.1) is 16.7 Å². The number of benzene rings is 1. The Morgan fingerprint density at radius 2 is 1.82 bits per heavy atom. The number of rotatable bonds is 8. The second-order valence-electron chi connectivity index (χ2n) is 7.41. The number of ketones is 1. The average Bonchev–Trinajstić information content (AvgIpc) is 3.07. The molecule has 0 saturated heterocycles. The van der Waals surface area contributed by atoms with Gasteiger partial charge >= 0.3 is 15.6 Å². The molecule has 0 saturated carbocycles. The molecule has 2 aromatic rings. The minimum atomic E-state index is -6.07. The van der Waals surface area contributed by atoms with Crippen LogP contribution in [0.15, 0.2) is 23.9 Å². The van der Waals surface area contributed by atoms with E-state index in [1.807, 2.05) is 0 Å². The van der Waals surface area contributed by atoms with Crippen molar-refractivity contribution >= 4 is 27.2 Å². The summed E-state index contributed by atoms with van der Waals surface area (Å²) >= 11 is 0. The van der Waals surface area contributed by atoms with E-state index in [2.05, 4.69) is 9.28 Å². The lowest BCUT2D eigenvalue weighted by Gasteiger charge is -2.14. The van der Waals surface area contributed by atoms with E-state index in [9.17, 15) is 36.5 Å². The Labute approximate surface area is 188 Å². The number of nitro benzene ring substituents is 1. The molecule has 0 unspecified atom stereocenters. The van der Waals surface area contributed by atoms with Crippen molar-refractivity contribution in [3.05, 3.63) is 56.3 Å². The summed E-state index contributed by atoms with van der Waals surface area (Å²) in [6.45, 7) is 8.22. The lowest BCUT2D eigenvalue weighted by Crippen LogP contribution is -2.29. The molecule has 0 aliphatic carbocycles. The highest BCUT2D eigenvalue weighted by atomic mass is 32.2. The Morgan fingerprint density at radius 1 is 1.21 bits per heavy atom. The van der Waals surface area contributed by atoms with Crippen molar-refractivity contribution in [1.82, 2.24) is 9.78 Å². The molecule has 1 heterocycles. The lowest BCUT2D eigenvalue weighted by atomic mass is 9.90. The third-order valence-corrected chi connectivity index (χ3v) is 5.90. The van der Waals surface area contributed by atoms with Gasteiger partial charge in [-0.1, -0.05) is 12.5 Å². The summed E-state index contributed by atoms with van der Waals surface area (Å²) in [4.78, 5) is 24.2. The molecule has 33 heavy (non-hydrogen) atoms. The summed E-state index contributed by atoms with van der Waals surface area (Å²) in [6, 6.07) is 2.28. The minimum Gasteiger partial charge on any atom is -0.355 e. The van der Waals surface area contributed by atoms with Crippen LogP contribution >= 0.6 is 0 Å². The fraction of sp³-hybridized carbons (Fsp3) is 0.400. The number of hydrogen-bond donors (Lipinski definition) is 0. The van der Waals surface area contributed by atoms with Crippen LogP contribution in [0, 0.1) is 17.0 Å². The molecule has 2 rings (SSSR count). The first-order chi connectivity index (χ1) is 15.1. The number of carbonyl (C=O) groups excluding carboxylic acids is 1. The summed E-state index contributed by atoms with van der Waals surface area (Å²) in [5, 5.41) is 15.3. The molecular formula is C20H22F3N3O6S. The Morgan fingerprint density at radius 3 is 2.30 bits per heavy atom.